The van der Waals surface area contributed by atoms with Crippen LogP contribution in [0.15, 0.2) is 0 Å². The molecule has 0 aromatic heterocycles. The summed E-state index contributed by atoms with van der Waals surface area (Å²) >= 11 is 0. The van der Waals surface area contributed by atoms with Crippen LogP contribution in [0.4, 0.5) is 0 Å². The minimum Gasteiger partial charge on any atom is -0.375 e. The first kappa shape index (κ1) is 13.3. The van der Waals surface area contributed by atoms with Gasteiger partial charge in [-0.05, 0) is 25.7 Å². The van der Waals surface area contributed by atoms with Crippen LogP contribution in [0.2, 0.25) is 0 Å². The molecule has 2 aliphatic heterocycles. The molecule has 2 heterocycles. The Morgan fingerprint density at radius 2 is 2.16 bits per heavy atom. The van der Waals surface area contributed by atoms with Crippen LogP contribution in [0.25, 0.3) is 0 Å². The van der Waals surface area contributed by atoms with Crippen LogP contribution in [-0.2, 0) is 9.53 Å². The van der Waals surface area contributed by atoms with E-state index in [9.17, 15) is 4.79 Å². The van der Waals surface area contributed by atoms with Crippen LogP contribution in [0.3, 0.4) is 0 Å². The number of ether oxygens (including phenoxy) is 1. The maximum absolute atomic E-state index is 11.6. The average molecular weight is 267 g/mol. The number of primary amides is 1. The first-order valence-corrected chi connectivity index (χ1v) is 7.60. The van der Waals surface area contributed by atoms with Crippen molar-refractivity contribution in [1.29, 1.82) is 0 Å². The number of amides is 1. The Morgan fingerprint density at radius 3 is 2.89 bits per heavy atom. The van der Waals surface area contributed by atoms with Crippen LogP contribution < -0.4 is 11.1 Å². The van der Waals surface area contributed by atoms with Crippen LogP contribution in [0.5, 0.6) is 0 Å². The smallest absolute Gasteiger partial charge is 0.236 e. The van der Waals surface area contributed by atoms with E-state index in [1.165, 1.54) is 25.7 Å². The molecule has 0 aromatic rings. The third-order valence-electron chi connectivity index (χ3n) is 5.06. The van der Waals surface area contributed by atoms with E-state index in [1.54, 1.807) is 0 Å². The second-order valence-electron chi connectivity index (χ2n) is 6.25. The molecule has 3 aliphatic rings. The van der Waals surface area contributed by atoms with E-state index < -0.39 is 0 Å². The fourth-order valence-electron chi connectivity index (χ4n) is 4.07. The molecule has 0 bridgehead atoms. The maximum Gasteiger partial charge on any atom is 0.236 e. The van der Waals surface area contributed by atoms with Crippen molar-refractivity contribution < 1.29 is 9.53 Å². The number of nitrogens with one attached hydrogen (secondary N) is 1. The average Bonchev–Trinajstić information content (AvgIpc) is 2.86. The summed E-state index contributed by atoms with van der Waals surface area (Å²) in [6.07, 6.45) is 7.07. The summed E-state index contributed by atoms with van der Waals surface area (Å²) in [7, 11) is 0. The number of rotatable bonds is 2. The van der Waals surface area contributed by atoms with Gasteiger partial charge in [-0.1, -0.05) is 12.8 Å². The van der Waals surface area contributed by atoms with E-state index in [-0.39, 0.29) is 17.6 Å². The molecule has 2 atom stereocenters. The lowest BCUT2D eigenvalue weighted by molar-refractivity contribution is -0.132. The van der Waals surface area contributed by atoms with E-state index >= 15 is 0 Å². The van der Waals surface area contributed by atoms with Gasteiger partial charge >= 0.3 is 0 Å². The molecule has 5 nitrogen and oxygen atoms in total. The van der Waals surface area contributed by atoms with Gasteiger partial charge in [0.1, 0.15) is 6.04 Å². The Bertz CT molecular complexity index is 342. The predicted molar refractivity (Wildman–Crippen MR) is 72.7 cm³/mol. The number of hydrogen-bond donors (Lipinski definition) is 2. The summed E-state index contributed by atoms with van der Waals surface area (Å²) in [6, 6.07) is 0.321. The molecule has 19 heavy (non-hydrogen) atoms. The lowest BCUT2D eigenvalue weighted by Gasteiger charge is -2.46. The van der Waals surface area contributed by atoms with Gasteiger partial charge in [-0.2, -0.15) is 0 Å². The summed E-state index contributed by atoms with van der Waals surface area (Å²) in [4.78, 5) is 14.0. The number of carbonyl (C=O) groups excluding carboxylic acids is 1. The fourth-order valence-corrected chi connectivity index (χ4v) is 4.07. The Hall–Kier alpha value is -0.650. The summed E-state index contributed by atoms with van der Waals surface area (Å²) in [5.41, 5.74) is 5.66. The Labute approximate surface area is 114 Å². The van der Waals surface area contributed by atoms with Crippen molar-refractivity contribution in [2.75, 3.05) is 26.2 Å². The molecule has 0 aromatic carbocycles. The quantitative estimate of drug-likeness (QED) is 0.752. The van der Waals surface area contributed by atoms with E-state index in [1.807, 2.05) is 0 Å². The molecule has 1 saturated carbocycles. The highest BCUT2D eigenvalue weighted by atomic mass is 16.5. The third-order valence-corrected chi connectivity index (χ3v) is 5.06. The molecular formula is C14H25N3O2. The summed E-state index contributed by atoms with van der Waals surface area (Å²) in [6.45, 7) is 3.41. The minimum absolute atomic E-state index is 0.107. The normalized spacial score (nSPS) is 35.6. The summed E-state index contributed by atoms with van der Waals surface area (Å²) in [5, 5.41) is 3.27. The van der Waals surface area contributed by atoms with Gasteiger partial charge in [0.15, 0.2) is 0 Å². The topological polar surface area (TPSA) is 67.6 Å². The van der Waals surface area contributed by atoms with Crippen molar-refractivity contribution >= 4 is 5.91 Å². The minimum atomic E-state index is -0.195. The first-order chi connectivity index (χ1) is 9.20. The largest absolute Gasteiger partial charge is 0.375 e. The lowest BCUT2D eigenvalue weighted by Crippen LogP contribution is -2.62. The van der Waals surface area contributed by atoms with Gasteiger partial charge in [0.05, 0.1) is 5.60 Å². The molecule has 1 aliphatic carbocycles. The molecule has 2 unspecified atom stereocenters. The highest BCUT2D eigenvalue weighted by molar-refractivity contribution is 5.80. The van der Waals surface area contributed by atoms with Gasteiger partial charge in [0, 0.05) is 32.3 Å². The Kier molecular flexibility index (Phi) is 3.78. The van der Waals surface area contributed by atoms with Gasteiger partial charge in [-0.3, -0.25) is 9.69 Å². The van der Waals surface area contributed by atoms with Crippen molar-refractivity contribution in [1.82, 2.24) is 10.2 Å². The van der Waals surface area contributed by atoms with Crippen molar-refractivity contribution in [2.45, 2.75) is 56.2 Å². The zero-order chi connectivity index (χ0) is 13.3. The predicted octanol–water partition coefficient (Wildman–Crippen LogP) is 0.237. The molecular weight excluding hydrogens is 242 g/mol. The number of nitrogens with zero attached hydrogens (tertiary/aromatic N) is 1. The SMILES string of the molecule is NC(=O)C1CNCCN1C1CCOC2(CCCC2)C1. The molecule has 3 fully saturated rings. The van der Waals surface area contributed by atoms with Crippen molar-refractivity contribution in [3.05, 3.63) is 0 Å². The van der Waals surface area contributed by atoms with Crippen LogP contribution in [0, 0.1) is 0 Å². The first-order valence-electron chi connectivity index (χ1n) is 7.60. The van der Waals surface area contributed by atoms with Crippen LogP contribution >= 0.6 is 0 Å². The number of hydrogen-bond acceptors (Lipinski definition) is 4. The maximum atomic E-state index is 11.6. The molecule has 0 radical (unpaired) electrons. The molecule has 1 spiro atoms. The molecule has 108 valence electrons. The summed E-state index contributed by atoms with van der Waals surface area (Å²) in [5.74, 6) is -0.195. The number of piperazine rings is 1. The molecule has 5 heteroatoms. The van der Waals surface area contributed by atoms with Crippen LogP contribution in [0.1, 0.15) is 38.5 Å². The third kappa shape index (κ3) is 2.64. The van der Waals surface area contributed by atoms with Crippen molar-refractivity contribution in [3.8, 4) is 0 Å². The second-order valence-corrected chi connectivity index (χ2v) is 6.25. The Balaban J connectivity index is 1.71. The molecule has 2 saturated heterocycles. The van der Waals surface area contributed by atoms with E-state index in [0.717, 1.165) is 32.5 Å². The van der Waals surface area contributed by atoms with Crippen molar-refractivity contribution in [3.63, 3.8) is 0 Å². The zero-order valence-corrected chi connectivity index (χ0v) is 11.6. The van der Waals surface area contributed by atoms with E-state index in [4.69, 9.17) is 10.5 Å². The van der Waals surface area contributed by atoms with Crippen LogP contribution in [-0.4, -0.2) is 54.7 Å². The highest BCUT2D eigenvalue weighted by Gasteiger charge is 2.43. The van der Waals surface area contributed by atoms with E-state index in [2.05, 4.69) is 10.2 Å². The second kappa shape index (κ2) is 5.38. The van der Waals surface area contributed by atoms with Gasteiger partial charge in [0.2, 0.25) is 5.91 Å². The zero-order valence-electron chi connectivity index (χ0n) is 11.6. The standard InChI is InChI=1S/C14H25N3O2/c15-13(18)12-10-16-6-7-17(12)11-3-8-19-14(9-11)4-1-2-5-14/h11-12,16H,1-10H2,(H2,15,18). The summed E-state index contributed by atoms with van der Waals surface area (Å²) < 4.78 is 6.08. The van der Waals surface area contributed by atoms with E-state index in [0.29, 0.717) is 12.6 Å². The van der Waals surface area contributed by atoms with Crippen molar-refractivity contribution in [2.24, 2.45) is 5.73 Å². The van der Waals surface area contributed by atoms with Gasteiger partial charge in [-0.25, -0.2) is 0 Å². The number of nitrogens with two attached hydrogens (primary N) is 1. The molecule has 3 rings (SSSR count). The molecule has 1 amide bonds. The highest BCUT2D eigenvalue weighted by Crippen LogP contribution is 2.41. The van der Waals surface area contributed by atoms with Gasteiger partial charge in [-0.15, -0.1) is 0 Å². The fraction of sp³-hybridized carbons (Fsp3) is 0.929. The van der Waals surface area contributed by atoms with Gasteiger partial charge in [0.25, 0.3) is 0 Å². The Morgan fingerprint density at radius 1 is 1.37 bits per heavy atom. The monoisotopic (exact) mass is 267 g/mol. The molecule has 3 N–H and O–H groups in total. The number of carbonyl (C=O) groups is 1. The van der Waals surface area contributed by atoms with Gasteiger partial charge < -0.3 is 15.8 Å². The lowest BCUT2D eigenvalue weighted by atomic mass is 9.87.